The first-order chi connectivity index (χ1) is 6.29. The summed E-state index contributed by atoms with van der Waals surface area (Å²) in [6.07, 6.45) is 2.77. The molecule has 1 aromatic carbocycles. The van der Waals surface area contributed by atoms with Crippen LogP contribution in [0.3, 0.4) is 0 Å². The lowest BCUT2D eigenvalue weighted by atomic mass is 10.2. The van der Waals surface area contributed by atoms with Crippen molar-refractivity contribution in [3.8, 4) is 5.75 Å². The molecule has 1 fully saturated rings. The highest BCUT2D eigenvalue weighted by Crippen LogP contribution is 2.32. The zero-order valence-electron chi connectivity index (χ0n) is 7.71. The van der Waals surface area contributed by atoms with Gasteiger partial charge in [-0.15, -0.1) is 0 Å². The first-order valence-corrected chi connectivity index (χ1v) is 4.53. The molecule has 3 heteroatoms. The molecule has 3 nitrogen and oxygen atoms in total. The number of hydrogen-bond acceptors (Lipinski definition) is 3. The van der Waals surface area contributed by atoms with E-state index in [2.05, 4.69) is 5.32 Å². The van der Waals surface area contributed by atoms with Crippen LogP contribution in [0.4, 0.5) is 11.4 Å². The van der Waals surface area contributed by atoms with Crippen LogP contribution in [0.5, 0.6) is 5.75 Å². The second-order valence-electron chi connectivity index (χ2n) is 3.32. The van der Waals surface area contributed by atoms with E-state index in [0.29, 0.717) is 6.10 Å². The number of benzene rings is 1. The zero-order valence-corrected chi connectivity index (χ0v) is 7.71. The number of rotatable bonds is 3. The van der Waals surface area contributed by atoms with E-state index in [0.717, 1.165) is 17.1 Å². The second kappa shape index (κ2) is 3.17. The molecule has 1 aliphatic carbocycles. The second-order valence-corrected chi connectivity index (χ2v) is 3.32. The van der Waals surface area contributed by atoms with Gasteiger partial charge >= 0.3 is 0 Å². The lowest BCUT2D eigenvalue weighted by molar-refractivity contribution is 0.305. The predicted octanol–water partition coefficient (Wildman–Crippen LogP) is 1.85. The van der Waals surface area contributed by atoms with Gasteiger partial charge in [0.15, 0.2) is 0 Å². The van der Waals surface area contributed by atoms with Crippen molar-refractivity contribution >= 4 is 11.4 Å². The Morgan fingerprint density at radius 3 is 2.85 bits per heavy atom. The van der Waals surface area contributed by atoms with Gasteiger partial charge in [-0.05, 0) is 31.0 Å². The Hall–Kier alpha value is -1.38. The molecule has 3 N–H and O–H groups in total. The summed E-state index contributed by atoms with van der Waals surface area (Å²) in [4.78, 5) is 0. The summed E-state index contributed by atoms with van der Waals surface area (Å²) in [5, 5.41) is 3.06. The molecular weight excluding hydrogens is 164 g/mol. The monoisotopic (exact) mass is 178 g/mol. The third kappa shape index (κ3) is 1.86. The van der Waals surface area contributed by atoms with Gasteiger partial charge in [0.2, 0.25) is 0 Å². The van der Waals surface area contributed by atoms with Crippen molar-refractivity contribution in [2.75, 3.05) is 18.1 Å². The number of hydrogen-bond donors (Lipinski definition) is 2. The normalized spacial score (nSPS) is 15.5. The van der Waals surface area contributed by atoms with Crippen LogP contribution in [0.25, 0.3) is 0 Å². The van der Waals surface area contributed by atoms with Gasteiger partial charge in [-0.2, -0.15) is 0 Å². The van der Waals surface area contributed by atoms with Gasteiger partial charge in [-0.25, -0.2) is 0 Å². The van der Waals surface area contributed by atoms with Gasteiger partial charge in [0, 0.05) is 12.7 Å². The van der Waals surface area contributed by atoms with Gasteiger partial charge in [0.1, 0.15) is 5.75 Å². The summed E-state index contributed by atoms with van der Waals surface area (Å²) < 4.78 is 5.68. The summed E-state index contributed by atoms with van der Waals surface area (Å²) >= 11 is 0. The van der Waals surface area contributed by atoms with Crippen LogP contribution in [0.1, 0.15) is 12.8 Å². The Balaban J connectivity index is 2.21. The number of ether oxygens (including phenoxy) is 1. The molecule has 70 valence electrons. The fourth-order valence-corrected chi connectivity index (χ4v) is 1.21. The average molecular weight is 178 g/mol. The smallest absolute Gasteiger partial charge is 0.142 e. The van der Waals surface area contributed by atoms with Crippen molar-refractivity contribution in [3.05, 3.63) is 18.2 Å². The van der Waals surface area contributed by atoms with Crippen molar-refractivity contribution in [3.63, 3.8) is 0 Å². The lowest BCUT2D eigenvalue weighted by Crippen LogP contribution is -2.00. The standard InChI is InChI=1S/C10H14N2O/c1-12-9-6-7(11)2-5-10(9)13-8-3-4-8/h2,5-6,8,12H,3-4,11H2,1H3. The Morgan fingerprint density at radius 2 is 2.23 bits per heavy atom. The summed E-state index contributed by atoms with van der Waals surface area (Å²) in [6, 6.07) is 5.66. The van der Waals surface area contributed by atoms with Gasteiger partial charge in [-0.3, -0.25) is 0 Å². The first-order valence-electron chi connectivity index (χ1n) is 4.53. The van der Waals surface area contributed by atoms with Crippen LogP contribution in [0.2, 0.25) is 0 Å². The molecular formula is C10H14N2O. The molecule has 0 spiro atoms. The molecule has 0 atom stereocenters. The van der Waals surface area contributed by atoms with Gasteiger partial charge < -0.3 is 15.8 Å². The van der Waals surface area contributed by atoms with Crippen molar-refractivity contribution in [1.29, 1.82) is 0 Å². The summed E-state index contributed by atoms with van der Waals surface area (Å²) in [5.41, 5.74) is 7.38. The van der Waals surface area contributed by atoms with E-state index in [1.54, 1.807) is 0 Å². The first kappa shape index (κ1) is 8.23. The quantitative estimate of drug-likeness (QED) is 0.694. The minimum atomic E-state index is 0.427. The van der Waals surface area contributed by atoms with Crippen molar-refractivity contribution in [1.82, 2.24) is 0 Å². The molecule has 0 unspecified atom stereocenters. The Kier molecular flexibility index (Phi) is 2.00. The molecule has 0 bridgehead atoms. The fourth-order valence-electron chi connectivity index (χ4n) is 1.21. The summed E-state index contributed by atoms with van der Waals surface area (Å²) in [5.74, 6) is 0.902. The highest BCUT2D eigenvalue weighted by molar-refractivity contribution is 5.63. The van der Waals surface area contributed by atoms with Crippen LogP contribution in [-0.4, -0.2) is 13.2 Å². The van der Waals surface area contributed by atoms with Crippen molar-refractivity contribution in [2.45, 2.75) is 18.9 Å². The summed E-state index contributed by atoms with van der Waals surface area (Å²) in [7, 11) is 1.87. The van der Waals surface area contributed by atoms with Crippen LogP contribution >= 0.6 is 0 Å². The van der Waals surface area contributed by atoms with E-state index in [1.807, 2.05) is 25.2 Å². The van der Waals surface area contributed by atoms with Crippen LogP contribution in [0, 0.1) is 0 Å². The predicted molar refractivity (Wildman–Crippen MR) is 54.1 cm³/mol. The van der Waals surface area contributed by atoms with E-state index in [-0.39, 0.29) is 0 Å². The molecule has 0 aliphatic heterocycles. The van der Waals surface area contributed by atoms with Crippen molar-refractivity contribution in [2.24, 2.45) is 0 Å². The van der Waals surface area contributed by atoms with Crippen molar-refractivity contribution < 1.29 is 4.74 Å². The van der Waals surface area contributed by atoms with Gasteiger partial charge in [0.25, 0.3) is 0 Å². The highest BCUT2D eigenvalue weighted by atomic mass is 16.5. The Morgan fingerprint density at radius 1 is 1.46 bits per heavy atom. The SMILES string of the molecule is CNc1cc(N)ccc1OC1CC1. The zero-order chi connectivity index (χ0) is 9.26. The average Bonchev–Trinajstić information content (AvgIpc) is 2.92. The molecule has 0 amide bonds. The minimum absolute atomic E-state index is 0.427. The maximum Gasteiger partial charge on any atom is 0.142 e. The molecule has 1 aliphatic rings. The number of nitrogens with two attached hydrogens (primary N) is 1. The van der Waals surface area contributed by atoms with Crippen LogP contribution in [0.15, 0.2) is 18.2 Å². The largest absolute Gasteiger partial charge is 0.488 e. The van der Waals surface area contributed by atoms with E-state index in [1.165, 1.54) is 12.8 Å². The molecule has 0 heterocycles. The lowest BCUT2D eigenvalue weighted by Gasteiger charge is -2.10. The molecule has 1 aromatic rings. The number of nitrogen functional groups attached to an aromatic ring is 1. The third-order valence-corrected chi connectivity index (χ3v) is 2.09. The van der Waals surface area contributed by atoms with Gasteiger partial charge in [-0.1, -0.05) is 0 Å². The molecule has 0 aromatic heterocycles. The van der Waals surface area contributed by atoms with E-state index < -0.39 is 0 Å². The van der Waals surface area contributed by atoms with E-state index in [4.69, 9.17) is 10.5 Å². The van der Waals surface area contributed by atoms with E-state index in [9.17, 15) is 0 Å². The van der Waals surface area contributed by atoms with Crippen LogP contribution < -0.4 is 15.8 Å². The Labute approximate surface area is 77.9 Å². The Bertz CT molecular complexity index is 308. The molecule has 2 rings (SSSR count). The third-order valence-electron chi connectivity index (χ3n) is 2.09. The van der Waals surface area contributed by atoms with E-state index >= 15 is 0 Å². The maximum atomic E-state index is 5.68. The van der Waals surface area contributed by atoms with Crippen LogP contribution in [-0.2, 0) is 0 Å². The maximum absolute atomic E-state index is 5.68. The fraction of sp³-hybridized carbons (Fsp3) is 0.400. The topological polar surface area (TPSA) is 47.3 Å². The summed E-state index contributed by atoms with van der Waals surface area (Å²) in [6.45, 7) is 0. The number of nitrogens with one attached hydrogen (secondary N) is 1. The highest BCUT2D eigenvalue weighted by Gasteiger charge is 2.24. The molecule has 0 radical (unpaired) electrons. The molecule has 1 saturated carbocycles. The molecule has 13 heavy (non-hydrogen) atoms. The molecule has 0 saturated heterocycles. The van der Waals surface area contributed by atoms with Gasteiger partial charge in [0.05, 0.1) is 11.8 Å². The minimum Gasteiger partial charge on any atom is -0.488 e. The number of anilines is 2.